The highest BCUT2D eigenvalue weighted by atomic mass is 35.5. The molecular formula is C23H23ClN6O2. The number of anilines is 2. The largest absolute Gasteiger partial charge is 0.456 e. The van der Waals surface area contributed by atoms with E-state index in [0.717, 1.165) is 37.1 Å². The van der Waals surface area contributed by atoms with Crippen LogP contribution in [0.15, 0.2) is 42.7 Å². The highest BCUT2D eigenvalue weighted by molar-refractivity contribution is 6.36. The van der Waals surface area contributed by atoms with Gasteiger partial charge in [-0.15, -0.1) is 0 Å². The average molecular weight is 451 g/mol. The van der Waals surface area contributed by atoms with E-state index in [1.54, 1.807) is 36.7 Å². The summed E-state index contributed by atoms with van der Waals surface area (Å²) >= 11 is 6.66. The van der Waals surface area contributed by atoms with Gasteiger partial charge in [0.05, 0.1) is 35.0 Å². The predicted octanol–water partition coefficient (Wildman–Crippen LogP) is 5.11. The van der Waals surface area contributed by atoms with Crippen LogP contribution in [0.1, 0.15) is 31.2 Å². The van der Waals surface area contributed by atoms with Gasteiger partial charge in [-0.05, 0) is 50.5 Å². The standard InChI is InChI=1S/C23H23ClN6O2/c1-13-15(11-28-30(13)21-4-2-3-9-31-21)19-12-27-18-7-8-20(22(24)23(18)29-19)32-14-5-6-16(25)17(26)10-14/h5-8,10-12,21H,2-4,9,25-26H2,1H3. The summed E-state index contributed by atoms with van der Waals surface area (Å²) in [5, 5.41) is 4.92. The van der Waals surface area contributed by atoms with Gasteiger partial charge in [0.2, 0.25) is 0 Å². The number of nitrogens with two attached hydrogens (primary N) is 2. The lowest BCUT2D eigenvalue weighted by molar-refractivity contribution is -0.0406. The molecule has 0 amide bonds. The van der Waals surface area contributed by atoms with Gasteiger partial charge in [-0.2, -0.15) is 5.10 Å². The van der Waals surface area contributed by atoms with Crippen molar-refractivity contribution in [2.75, 3.05) is 18.1 Å². The molecule has 9 heteroatoms. The minimum absolute atomic E-state index is 0.0400. The number of fused-ring (bicyclic) bond motifs is 1. The third-order valence-electron chi connectivity index (χ3n) is 5.65. The molecule has 1 fully saturated rings. The molecule has 1 aliphatic rings. The van der Waals surface area contributed by atoms with E-state index in [0.29, 0.717) is 44.6 Å². The molecule has 4 aromatic rings. The molecule has 3 heterocycles. The number of aromatic nitrogens is 4. The topological polar surface area (TPSA) is 114 Å². The van der Waals surface area contributed by atoms with Crippen LogP contribution >= 0.6 is 11.6 Å². The number of benzene rings is 2. The smallest absolute Gasteiger partial charge is 0.150 e. The van der Waals surface area contributed by atoms with E-state index in [2.05, 4.69) is 10.1 Å². The van der Waals surface area contributed by atoms with Crippen molar-refractivity contribution in [3.05, 3.63) is 53.4 Å². The number of ether oxygens (including phenoxy) is 2. The molecule has 5 rings (SSSR count). The van der Waals surface area contributed by atoms with Crippen molar-refractivity contribution in [2.45, 2.75) is 32.4 Å². The lowest BCUT2D eigenvalue weighted by Gasteiger charge is -2.24. The van der Waals surface area contributed by atoms with Gasteiger partial charge in [-0.25, -0.2) is 9.67 Å². The van der Waals surface area contributed by atoms with Gasteiger partial charge in [0, 0.05) is 23.9 Å². The Labute approximate surface area is 190 Å². The summed E-state index contributed by atoms with van der Waals surface area (Å²) in [6.07, 6.45) is 6.67. The monoisotopic (exact) mass is 450 g/mol. The molecule has 1 atom stereocenters. The second-order valence-corrected chi connectivity index (χ2v) is 8.18. The molecule has 2 aromatic heterocycles. The zero-order valence-electron chi connectivity index (χ0n) is 17.6. The number of hydrogen-bond donors (Lipinski definition) is 2. The Balaban J connectivity index is 1.50. The molecule has 1 aliphatic heterocycles. The molecule has 0 aliphatic carbocycles. The molecule has 2 aromatic carbocycles. The summed E-state index contributed by atoms with van der Waals surface area (Å²) in [5.74, 6) is 0.990. The number of hydrogen-bond acceptors (Lipinski definition) is 7. The predicted molar refractivity (Wildman–Crippen MR) is 125 cm³/mol. The second kappa shape index (κ2) is 8.29. The van der Waals surface area contributed by atoms with Crippen LogP contribution in [-0.2, 0) is 4.74 Å². The first-order chi connectivity index (χ1) is 15.5. The van der Waals surface area contributed by atoms with Crippen molar-refractivity contribution in [1.82, 2.24) is 19.7 Å². The Morgan fingerprint density at radius 1 is 1.12 bits per heavy atom. The molecular weight excluding hydrogens is 428 g/mol. The number of nitrogens with zero attached hydrogens (tertiary/aromatic N) is 4. The highest BCUT2D eigenvalue weighted by Gasteiger charge is 2.21. The fourth-order valence-electron chi connectivity index (χ4n) is 3.86. The summed E-state index contributed by atoms with van der Waals surface area (Å²) in [4.78, 5) is 9.33. The maximum atomic E-state index is 6.66. The molecule has 4 N–H and O–H groups in total. The van der Waals surface area contributed by atoms with Crippen molar-refractivity contribution in [1.29, 1.82) is 0 Å². The Morgan fingerprint density at radius 3 is 2.78 bits per heavy atom. The van der Waals surface area contributed by atoms with Crippen LogP contribution in [0.4, 0.5) is 11.4 Å². The number of rotatable bonds is 4. The first-order valence-electron chi connectivity index (χ1n) is 10.5. The fraction of sp³-hybridized carbons (Fsp3) is 0.261. The quantitative estimate of drug-likeness (QED) is 0.415. The molecule has 164 valence electrons. The van der Waals surface area contributed by atoms with Crippen molar-refractivity contribution in [2.24, 2.45) is 0 Å². The maximum Gasteiger partial charge on any atom is 0.150 e. The first kappa shape index (κ1) is 20.5. The molecule has 0 saturated carbocycles. The SMILES string of the molecule is Cc1c(-c2cnc3ccc(Oc4ccc(N)c(N)c4)c(Cl)c3n2)cnn1C1CCCCO1. The van der Waals surface area contributed by atoms with Crippen LogP contribution in [0, 0.1) is 6.92 Å². The van der Waals surface area contributed by atoms with Gasteiger partial charge < -0.3 is 20.9 Å². The third-order valence-corrected chi connectivity index (χ3v) is 6.02. The van der Waals surface area contributed by atoms with Crippen LogP contribution in [0.5, 0.6) is 11.5 Å². The molecule has 1 unspecified atom stereocenters. The number of halogens is 1. The lowest BCUT2D eigenvalue weighted by Crippen LogP contribution is -2.20. The van der Waals surface area contributed by atoms with E-state index in [1.807, 2.05) is 17.7 Å². The zero-order chi connectivity index (χ0) is 22.2. The molecule has 32 heavy (non-hydrogen) atoms. The Hall–Kier alpha value is -3.36. The lowest BCUT2D eigenvalue weighted by atomic mass is 10.1. The van der Waals surface area contributed by atoms with E-state index >= 15 is 0 Å². The zero-order valence-corrected chi connectivity index (χ0v) is 18.3. The van der Waals surface area contributed by atoms with Gasteiger partial charge in [-0.3, -0.25) is 4.98 Å². The average Bonchev–Trinajstić information content (AvgIpc) is 3.20. The Bertz CT molecular complexity index is 1300. The van der Waals surface area contributed by atoms with Gasteiger partial charge in [0.1, 0.15) is 28.3 Å². The van der Waals surface area contributed by atoms with E-state index in [4.69, 9.17) is 37.5 Å². The van der Waals surface area contributed by atoms with E-state index in [-0.39, 0.29) is 6.23 Å². The second-order valence-electron chi connectivity index (χ2n) is 7.80. The van der Waals surface area contributed by atoms with Gasteiger partial charge in [0.15, 0.2) is 0 Å². The van der Waals surface area contributed by atoms with Gasteiger partial charge in [0.25, 0.3) is 0 Å². The first-order valence-corrected chi connectivity index (χ1v) is 10.8. The van der Waals surface area contributed by atoms with E-state index < -0.39 is 0 Å². The summed E-state index contributed by atoms with van der Waals surface area (Å²) in [5.41, 5.74) is 16.4. The highest BCUT2D eigenvalue weighted by Crippen LogP contribution is 2.36. The van der Waals surface area contributed by atoms with Crippen molar-refractivity contribution >= 4 is 34.0 Å². The molecule has 0 radical (unpaired) electrons. The Morgan fingerprint density at radius 2 is 2.00 bits per heavy atom. The summed E-state index contributed by atoms with van der Waals surface area (Å²) in [7, 11) is 0. The fourth-order valence-corrected chi connectivity index (χ4v) is 4.10. The van der Waals surface area contributed by atoms with Crippen LogP contribution in [0.3, 0.4) is 0 Å². The molecule has 8 nitrogen and oxygen atoms in total. The summed E-state index contributed by atoms with van der Waals surface area (Å²) in [6, 6.07) is 8.66. The molecule has 0 spiro atoms. The minimum Gasteiger partial charge on any atom is -0.456 e. The van der Waals surface area contributed by atoms with Gasteiger partial charge in [-0.1, -0.05) is 11.6 Å². The maximum absolute atomic E-state index is 6.66. The van der Waals surface area contributed by atoms with E-state index in [9.17, 15) is 0 Å². The normalized spacial score (nSPS) is 16.4. The van der Waals surface area contributed by atoms with Crippen molar-refractivity contribution < 1.29 is 9.47 Å². The van der Waals surface area contributed by atoms with Crippen molar-refractivity contribution in [3.8, 4) is 22.8 Å². The third kappa shape index (κ3) is 3.72. The van der Waals surface area contributed by atoms with Crippen molar-refractivity contribution in [3.63, 3.8) is 0 Å². The van der Waals surface area contributed by atoms with E-state index in [1.165, 1.54) is 0 Å². The van der Waals surface area contributed by atoms with Crippen LogP contribution in [0.25, 0.3) is 22.3 Å². The van der Waals surface area contributed by atoms with Crippen LogP contribution < -0.4 is 16.2 Å². The van der Waals surface area contributed by atoms with Gasteiger partial charge >= 0.3 is 0 Å². The minimum atomic E-state index is -0.0400. The summed E-state index contributed by atoms with van der Waals surface area (Å²) in [6.45, 7) is 2.77. The summed E-state index contributed by atoms with van der Waals surface area (Å²) < 4.78 is 13.7. The van der Waals surface area contributed by atoms with Crippen LogP contribution in [-0.4, -0.2) is 26.4 Å². The number of nitrogen functional groups attached to an aromatic ring is 2. The molecule has 1 saturated heterocycles. The Kier molecular flexibility index (Phi) is 5.32. The molecule has 0 bridgehead atoms. The van der Waals surface area contributed by atoms with Crippen LogP contribution in [0.2, 0.25) is 5.02 Å².